The Bertz CT molecular complexity index is 2550. The van der Waals surface area contributed by atoms with E-state index in [-0.39, 0.29) is 56.8 Å². The summed E-state index contributed by atoms with van der Waals surface area (Å²) >= 11 is 12.7. The van der Waals surface area contributed by atoms with Gasteiger partial charge in [-0.2, -0.15) is 17.5 Å². The number of hydrogen-bond acceptors (Lipinski definition) is 19. The maximum Gasteiger partial charge on any atom is 0.511 e. The van der Waals surface area contributed by atoms with Gasteiger partial charge in [0, 0.05) is 67.2 Å². The Labute approximate surface area is 532 Å². The van der Waals surface area contributed by atoms with E-state index in [4.69, 9.17) is 99.2 Å². The molecule has 502 valence electrons. The maximum atomic E-state index is 13.3. The number of methoxy groups -OCH3 is 1. The summed E-state index contributed by atoms with van der Waals surface area (Å²) in [5, 5.41) is 2.00. The van der Waals surface area contributed by atoms with Crippen molar-refractivity contribution in [3.05, 3.63) is 105 Å². The molecule has 5 rings (SSSR count). The summed E-state index contributed by atoms with van der Waals surface area (Å²) in [6, 6.07) is 21.1. The van der Waals surface area contributed by atoms with Crippen LogP contribution in [0.5, 0.6) is 5.75 Å². The van der Waals surface area contributed by atoms with E-state index in [1.807, 2.05) is 60.7 Å². The van der Waals surface area contributed by atoms with Crippen molar-refractivity contribution in [1.82, 2.24) is 9.29 Å². The Morgan fingerprint density at radius 2 is 0.910 bits per heavy atom. The number of ketones is 1. The molecule has 0 radical (unpaired) electrons. The number of sulfonamides is 1. The molecule has 1 fully saturated rings. The zero-order valence-corrected chi connectivity index (χ0v) is 53.6. The molecule has 0 unspecified atom stereocenters. The monoisotopic (exact) mass is 1320 g/mol. The van der Waals surface area contributed by atoms with Gasteiger partial charge in [0.2, 0.25) is 0 Å². The van der Waals surface area contributed by atoms with Crippen molar-refractivity contribution in [2.75, 3.05) is 205 Å². The molecule has 0 saturated carbocycles. The van der Waals surface area contributed by atoms with Crippen LogP contribution in [-0.4, -0.2) is 234 Å². The van der Waals surface area contributed by atoms with Crippen molar-refractivity contribution >= 4 is 49.9 Å². The molecule has 20 nitrogen and oxygen atoms in total. The third kappa shape index (κ3) is 31.6. The minimum absolute atomic E-state index is 0.0634. The van der Waals surface area contributed by atoms with Gasteiger partial charge in [0.25, 0.3) is 0 Å². The molecule has 0 aliphatic carbocycles. The molecule has 1 aliphatic heterocycles. The molecular formula is C63H91Cl2F3N2O18S. The Hall–Kier alpha value is -3.74. The number of benzene rings is 3. The van der Waals surface area contributed by atoms with Gasteiger partial charge in [-0.3, -0.25) is 9.78 Å². The number of ether oxygens (including phenoxy) is 15. The number of aromatic nitrogens is 1. The molecule has 3 aromatic carbocycles. The highest BCUT2D eigenvalue weighted by molar-refractivity contribution is 7.90. The zero-order valence-electron chi connectivity index (χ0n) is 51.3. The van der Waals surface area contributed by atoms with E-state index in [0.717, 1.165) is 40.5 Å². The number of fused-ring (bicyclic) bond motifs is 1. The molecule has 26 heteroatoms. The van der Waals surface area contributed by atoms with Gasteiger partial charge in [-0.25, -0.2) is 8.42 Å². The van der Waals surface area contributed by atoms with Gasteiger partial charge in [-0.05, 0) is 103 Å². The summed E-state index contributed by atoms with van der Waals surface area (Å²) in [4.78, 5) is 16.6. The van der Waals surface area contributed by atoms with Gasteiger partial charge in [0.1, 0.15) is 23.7 Å². The number of carbonyl (C=O) groups is 1. The third-order valence-corrected chi connectivity index (χ3v) is 16.0. The lowest BCUT2D eigenvalue weighted by Crippen LogP contribution is -2.45. The second kappa shape index (κ2) is 46.3. The topological polar surface area (TPSA) is 206 Å². The van der Waals surface area contributed by atoms with Crippen LogP contribution in [0.15, 0.2) is 72.9 Å². The van der Waals surface area contributed by atoms with Gasteiger partial charge in [-0.1, -0.05) is 47.5 Å². The number of Topliss-reactive ketones (excluding diaryl/α,β-unsaturated/α-hetero) is 1. The number of carbonyl (C=O) groups excluding carboxylic acids is 1. The van der Waals surface area contributed by atoms with E-state index in [9.17, 15) is 26.4 Å². The first-order valence-corrected chi connectivity index (χ1v) is 32.7. The Balaban J connectivity index is 0.818. The Morgan fingerprint density at radius 3 is 1.33 bits per heavy atom. The average molecular weight is 1320 g/mol. The third-order valence-electron chi connectivity index (χ3n) is 13.9. The van der Waals surface area contributed by atoms with E-state index in [0.29, 0.717) is 217 Å². The highest BCUT2D eigenvalue weighted by Crippen LogP contribution is 2.40. The number of rotatable bonds is 54. The summed E-state index contributed by atoms with van der Waals surface area (Å²) in [6.07, 6.45) is 5.38. The Morgan fingerprint density at radius 1 is 0.517 bits per heavy atom. The molecule has 1 aliphatic rings. The largest absolute Gasteiger partial charge is 0.511 e. The molecule has 0 spiro atoms. The molecule has 0 amide bonds. The summed E-state index contributed by atoms with van der Waals surface area (Å²) in [6.45, 7) is 11.8. The van der Waals surface area contributed by atoms with Gasteiger partial charge in [0.05, 0.1) is 172 Å². The van der Waals surface area contributed by atoms with Crippen molar-refractivity contribution in [2.24, 2.45) is 5.92 Å². The van der Waals surface area contributed by atoms with Crippen LogP contribution in [0.4, 0.5) is 13.2 Å². The second-order valence-electron chi connectivity index (χ2n) is 20.5. The number of halogens is 5. The fourth-order valence-electron chi connectivity index (χ4n) is 9.27. The molecule has 4 aromatic rings. The number of alkyl halides is 3. The first-order chi connectivity index (χ1) is 43.4. The predicted octanol–water partition coefficient (Wildman–Crippen LogP) is 9.20. The van der Waals surface area contributed by atoms with Crippen molar-refractivity contribution in [3.8, 4) is 5.75 Å². The number of hydrogen-bond donors (Lipinski definition) is 0. The molecule has 0 bridgehead atoms. The van der Waals surface area contributed by atoms with Gasteiger partial charge < -0.3 is 71.1 Å². The van der Waals surface area contributed by atoms with Gasteiger partial charge in [-0.15, -0.1) is 0 Å². The fraction of sp³-hybridized carbons (Fsp3) is 0.651. The Kier molecular flexibility index (Phi) is 39.6. The first kappa shape index (κ1) is 76.0. The number of piperidine rings is 1. The van der Waals surface area contributed by atoms with Crippen LogP contribution >= 0.6 is 23.2 Å². The summed E-state index contributed by atoms with van der Waals surface area (Å²) in [5.41, 5.74) is -0.981. The van der Waals surface area contributed by atoms with Crippen LogP contribution < -0.4 is 4.74 Å². The minimum atomic E-state index is -5.40. The molecule has 0 N–H and O–H groups in total. The van der Waals surface area contributed by atoms with E-state index < -0.39 is 15.5 Å². The molecule has 1 aromatic heterocycles. The molecule has 2 heterocycles. The standard InChI is InChI=1S/C63H91Cl2F3N2O18S/c1-74-22-23-75-20-3-2-4-58(71)16-21-76-24-25-77-26-27-78-28-29-79-30-31-80-32-33-81-34-35-82-36-37-83-38-39-84-40-41-85-42-43-86-44-45-87-46-47-88-60-50-55(61(52-5-9-56(64)10-6-52)53-7-11-57(65)12-8-53)49-59-54(13-17-69-62(59)60)48-51-14-18-70(19-15-51)89(72,73)63(66,67)68/h5-13,17,49-51,61H,2-4,14-16,18-48H2,1H3. The number of nitrogens with zero attached hydrogens (tertiary/aromatic N) is 2. The second-order valence-corrected chi connectivity index (χ2v) is 23.3. The van der Waals surface area contributed by atoms with Crippen LogP contribution in [0, 0.1) is 5.92 Å². The molecular weight excluding hydrogens is 1230 g/mol. The fourth-order valence-corrected chi connectivity index (χ4v) is 10.5. The van der Waals surface area contributed by atoms with Gasteiger partial charge >= 0.3 is 15.5 Å². The van der Waals surface area contributed by atoms with E-state index in [1.54, 1.807) is 13.3 Å². The zero-order chi connectivity index (χ0) is 63.5. The summed E-state index contributed by atoms with van der Waals surface area (Å²) < 4.78 is 148. The van der Waals surface area contributed by atoms with Crippen LogP contribution in [0.3, 0.4) is 0 Å². The smallest absolute Gasteiger partial charge is 0.489 e. The summed E-state index contributed by atoms with van der Waals surface area (Å²) in [5.74, 6) is 0.391. The van der Waals surface area contributed by atoms with Crippen molar-refractivity contribution in [1.29, 1.82) is 0 Å². The molecule has 89 heavy (non-hydrogen) atoms. The van der Waals surface area contributed by atoms with Crippen molar-refractivity contribution in [2.45, 2.75) is 56.4 Å². The highest BCUT2D eigenvalue weighted by atomic mass is 35.5. The molecule has 1 saturated heterocycles. The normalized spacial score (nSPS) is 13.6. The first-order valence-electron chi connectivity index (χ1n) is 30.5. The van der Waals surface area contributed by atoms with E-state index >= 15 is 0 Å². The summed E-state index contributed by atoms with van der Waals surface area (Å²) in [7, 11) is -3.76. The predicted molar refractivity (Wildman–Crippen MR) is 330 cm³/mol. The minimum Gasteiger partial charge on any atom is -0.489 e. The van der Waals surface area contributed by atoms with Crippen LogP contribution in [-0.2, 0) is 87.6 Å². The van der Waals surface area contributed by atoms with Gasteiger partial charge in [0.15, 0.2) is 0 Å². The van der Waals surface area contributed by atoms with Crippen LogP contribution in [0.25, 0.3) is 10.9 Å². The van der Waals surface area contributed by atoms with E-state index in [1.165, 1.54) is 0 Å². The van der Waals surface area contributed by atoms with E-state index in [2.05, 4.69) is 6.07 Å². The lowest BCUT2D eigenvalue weighted by atomic mass is 9.83. The van der Waals surface area contributed by atoms with Crippen LogP contribution in [0.1, 0.15) is 66.7 Å². The van der Waals surface area contributed by atoms with Crippen molar-refractivity contribution < 1.29 is 97.4 Å². The van der Waals surface area contributed by atoms with Crippen molar-refractivity contribution in [3.63, 3.8) is 0 Å². The number of unbranched alkanes of at least 4 members (excludes halogenated alkanes) is 1. The number of pyridine rings is 1. The van der Waals surface area contributed by atoms with Crippen LogP contribution in [0.2, 0.25) is 10.0 Å². The molecule has 0 atom stereocenters. The quantitative estimate of drug-likeness (QED) is 0.0298. The average Bonchev–Trinajstić information content (AvgIpc) is 0.874. The highest BCUT2D eigenvalue weighted by Gasteiger charge is 2.50. The SMILES string of the molecule is COCCOCCCCC(=O)CCOCCOCCOCCOCCOCCOCCOCCOCCOCCOCCOCCOCCOc1cc(C(c2ccc(Cl)cc2)c2ccc(Cl)cc2)cc2c(CC3CCN(S(=O)(=O)C(F)(F)F)CC3)ccnc12. The lowest BCUT2D eigenvalue weighted by Gasteiger charge is -2.31. The lowest BCUT2D eigenvalue weighted by molar-refractivity contribution is -0.120. The maximum absolute atomic E-state index is 13.3.